The van der Waals surface area contributed by atoms with Gasteiger partial charge in [0.05, 0.1) is 11.9 Å². The maximum Gasteiger partial charge on any atom is 0.232 e. The van der Waals surface area contributed by atoms with E-state index < -0.39 is 9.05 Å². The fraction of sp³-hybridized carbons (Fsp3) is 0.500. The van der Waals surface area contributed by atoms with Crippen molar-refractivity contribution in [2.75, 3.05) is 5.75 Å². The van der Waals surface area contributed by atoms with Gasteiger partial charge in [0, 0.05) is 10.7 Å². The number of hydrogen-bond acceptors (Lipinski definition) is 3. The first-order valence-electron chi connectivity index (χ1n) is 5.46. The van der Waals surface area contributed by atoms with Crippen molar-refractivity contribution in [3.05, 3.63) is 29.3 Å². The third-order valence-corrected chi connectivity index (χ3v) is 3.39. The molecule has 0 aliphatic rings. The third-order valence-electron chi connectivity index (χ3n) is 2.24. The van der Waals surface area contributed by atoms with Crippen LogP contribution >= 0.6 is 10.7 Å². The summed E-state index contributed by atoms with van der Waals surface area (Å²) >= 11 is 0. The lowest BCUT2D eigenvalue weighted by Gasteiger charge is -2.13. The molecular formula is C12H17ClO3S. The van der Waals surface area contributed by atoms with E-state index in [1.54, 1.807) is 0 Å². The van der Waals surface area contributed by atoms with Crippen LogP contribution in [0.3, 0.4) is 0 Å². The van der Waals surface area contributed by atoms with E-state index in [1.807, 2.05) is 39.0 Å². The van der Waals surface area contributed by atoms with Gasteiger partial charge < -0.3 is 4.74 Å². The van der Waals surface area contributed by atoms with E-state index in [0.717, 1.165) is 16.9 Å². The van der Waals surface area contributed by atoms with E-state index in [-0.39, 0.29) is 11.9 Å². The summed E-state index contributed by atoms with van der Waals surface area (Å²) in [7, 11) is 1.75. The quantitative estimate of drug-likeness (QED) is 0.777. The molecule has 1 aromatic carbocycles. The average Bonchev–Trinajstić information content (AvgIpc) is 2.17. The Labute approximate surface area is 107 Å². The highest BCUT2D eigenvalue weighted by molar-refractivity contribution is 8.13. The van der Waals surface area contributed by atoms with Crippen molar-refractivity contribution in [1.82, 2.24) is 0 Å². The lowest BCUT2D eigenvalue weighted by atomic mass is 10.1. The van der Waals surface area contributed by atoms with Crippen LogP contribution in [-0.4, -0.2) is 20.3 Å². The molecule has 5 heteroatoms. The number of aryl methyl sites for hydroxylation is 2. The molecule has 0 saturated carbocycles. The van der Waals surface area contributed by atoms with Gasteiger partial charge in [-0.2, -0.15) is 0 Å². The second kappa shape index (κ2) is 5.74. The van der Waals surface area contributed by atoms with Gasteiger partial charge >= 0.3 is 0 Å². The van der Waals surface area contributed by atoms with Crippen molar-refractivity contribution in [2.24, 2.45) is 0 Å². The Morgan fingerprint density at radius 1 is 1.35 bits per heavy atom. The average molecular weight is 277 g/mol. The molecule has 17 heavy (non-hydrogen) atoms. The van der Waals surface area contributed by atoms with E-state index >= 15 is 0 Å². The molecule has 0 amide bonds. The van der Waals surface area contributed by atoms with E-state index in [9.17, 15) is 8.42 Å². The van der Waals surface area contributed by atoms with Gasteiger partial charge in [-0.25, -0.2) is 8.42 Å². The van der Waals surface area contributed by atoms with Crippen LogP contribution in [0, 0.1) is 6.92 Å². The number of benzene rings is 1. The molecule has 0 heterocycles. The first-order valence-corrected chi connectivity index (χ1v) is 7.94. The number of halogens is 1. The monoisotopic (exact) mass is 276 g/mol. The molecule has 0 unspecified atom stereocenters. The van der Waals surface area contributed by atoms with Crippen LogP contribution in [0.4, 0.5) is 0 Å². The first-order chi connectivity index (χ1) is 7.78. The molecule has 0 aromatic heterocycles. The van der Waals surface area contributed by atoms with Crippen LogP contribution in [-0.2, 0) is 15.5 Å². The summed E-state index contributed by atoms with van der Waals surface area (Å²) in [6.07, 6.45) is 0.553. The molecular weight excluding hydrogens is 260 g/mol. The molecule has 96 valence electrons. The highest BCUT2D eigenvalue weighted by Crippen LogP contribution is 2.21. The van der Waals surface area contributed by atoms with Crippen molar-refractivity contribution in [2.45, 2.75) is 33.3 Å². The SMILES string of the molecule is Cc1cc(CCS(=O)(=O)Cl)ccc1OC(C)C. The predicted octanol–water partition coefficient (Wildman–Crippen LogP) is 2.89. The summed E-state index contributed by atoms with van der Waals surface area (Å²) in [5.74, 6) is 0.788. The topological polar surface area (TPSA) is 43.4 Å². The molecule has 0 atom stereocenters. The summed E-state index contributed by atoms with van der Waals surface area (Å²) in [4.78, 5) is 0. The van der Waals surface area contributed by atoms with Gasteiger partial charge in [-0.3, -0.25) is 0 Å². The normalized spacial score (nSPS) is 11.8. The maximum atomic E-state index is 10.8. The van der Waals surface area contributed by atoms with Gasteiger partial charge in [0.15, 0.2) is 0 Å². The second-order valence-electron chi connectivity index (χ2n) is 4.26. The lowest BCUT2D eigenvalue weighted by Crippen LogP contribution is -2.07. The zero-order valence-corrected chi connectivity index (χ0v) is 11.8. The van der Waals surface area contributed by atoms with Crippen molar-refractivity contribution in [3.63, 3.8) is 0 Å². The van der Waals surface area contributed by atoms with E-state index in [2.05, 4.69) is 0 Å². The minimum Gasteiger partial charge on any atom is -0.491 e. The van der Waals surface area contributed by atoms with E-state index in [4.69, 9.17) is 15.4 Å². The van der Waals surface area contributed by atoms with Crippen molar-refractivity contribution >= 4 is 19.7 Å². The molecule has 3 nitrogen and oxygen atoms in total. The Kier molecular flexibility index (Phi) is 4.83. The summed E-state index contributed by atoms with van der Waals surface area (Å²) in [6.45, 7) is 5.87. The molecule has 0 aliphatic carbocycles. The minimum absolute atomic E-state index is 0.0433. The smallest absolute Gasteiger partial charge is 0.232 e. The molecule has 0 saturated heterocycles. The Hall–Kier alpha value is -0.740. The van der Waals surface area contributed by atoms with Gasteiger partial charge in [0.25, 0.3) is 0 Å². The minimum atomic E-state index is -3.42. The molecule has 0 fully saturated rings. The first kappa shape index (κ1) is 14.3. The summed E-state index contributed by atoms with van der Waals surface area (Å²) in [6, 6.07) is 5.66. The zero-order chi connectivity index (χ0) is 13.1. The van der Waals surface area contributed by atoms with Crippen LogP contribution in [0.1, 0.15) is 25.0 Å². The standard InChI is InChI=1S/C12H17ClO3S/c1-9(2)16-12-5-4-11(8-10(12)3)6-7-17(13,14)15/h4-5,8-9H,6-7H2,1-3H3. The number of rotatable bonds is 5. The van der Waals surface area contributed by atoms with Crippen LogP contribution in [0.2, 0.25) is 0 Å². The number of hydrogen-bond donors (Lipinski definition) is 0. The molecule has 0 radical (unpaired) electrons. The number of ether oxygens (including phenoxy) is 1. The predicted molar refractivity (Wildman–Crippen MR) is 70.3 cm³/mol. The van der Waals surface area contributed by atoms with Crippen LogP contribution in [0.5, 0.6) is 5.75 Å². The van der Waals surface area contributed by atoms with Gasteiger partial charge in [0.2, 0.25) is 9.05 Å². The fourth-order valence-corrected chi connectivity index (χ4v) is 2.20. The van der Waals surface area contributed by atoms with Gasteiger partial charge in [-0.15, -0.1) is 0 Å². The van der Waals surface area contributed by atoms with Crippen LogP contribution in [0.15, 0.2) is 18.2 Å². The fourth-order valence-electron chi connectivity index (χ4n) is 1.49. The summed E-state index contributed by atoms with van der Waals surface area (Å²) in [5, 5.41) is 0. The Balaban J connectivity index is 2.75. The molecule has 0 spiro atoms. The Morgan fingerprint density at radius 3 is 2.47 bits per heavy atom. The van der Waals surface area contributed by atoms with Crippen LogP contribution < -0.4 is 4.74 Å². The molecule has 1 aromatic rings. The Bertz CT molecular complexity index is 481. The van der Waals surface area contributed by atoms with Crippen molar-refractivity contribution in [1.29, 1.82) is 0 Å². The highest BCUT2D eigenvalue weighted by atomic mass is 35.7. The summed E-state index contributed by atoms with van der Waals surface area (Å²) in [5.41, 5.74) is 1.95. The van der Waals surface area contributed by atoms with Crippen molar-refractivity contribution < 1.29 is 13.2 Å². The van der Waals surface area contributed by atoms with Gasteiger partial charge in [-0.05, 0) is 44.4 Å². The third kappa shape index (κ3) is 5.41. The molecule has 0 bridgehead atoms. The molecule has 1 rings (SSSR count). The Morgan fingerprint density at radius 2 is 2.00 bits per heavy atom. The van der Waals surface area contributed by atoms with Gasteiger partial charge in [-0.1, -0.05) is 12.1 Å². The zero-order valence-electron chi connectivity index (χ0n) is 10.2. The van der Waals surface area contributed by atoms with Crippen LogP contribution in [0.25, 0.3) is 0 Å². The second-order valence-corrected chi connectivity index (χ2v) is 7.16. The maximum absolute atomic E-state index is 10.8. The van der Waals surface area contributed by atoms with Crippen molar-refractivity contribution in [3.8, 4) is 5.75 Å². The highest BCUT2D eigenvalue weighted by Gasteiger charge is 2.07. The lowest BCUT2D eigenvalue weighted by molar-refractivity contribution is 0.240. The van der Waals surface area contributed by atoms with E-state index in [1.165, 1.54) is 0 Å². The molecule has 0 aliphatic heterocycles. The molecule has 0 N–H and O–H groups in total. The summed E-state index contributed by atoms with van der Waals surface area (Å²) < 4.78 is 27.3. The van der Waals surface area contributed by atoms with Gasteiger partial charge in [0.1, 0.15) is 5.75 Å². The van der Waals surface area contributed by atoms with E-state index in [0.29, 0.717) is 6.42 Å². The largest absolute Gasteiger partial charge is 0.491 e.